The highest BCUT2D eigenvalue weighted by Gasteiger charge is 2.38. The van der Waals surface area contributed by atoms with Crippen LogP contribution in [0.4, 0.5) is 0 Å². The number of hydrogen-bond donors (Lipinski definition) is 4. The van der Waals surface area contributed by atoms with Crippen LogP contribution in [0, 0.1) is 0 Å². The van der Waals surface area contributed by atoms with Gasteiger partial charge in [-0.3, -0.25) is 14.3 Å². The summed E-state index contributed by atoms with van der Waals surface area (Å²) >= 11 is 1.21. The Bertz CT molecular complexity index is 623. The van der Waals surface area contributed by atoms with Crippen molar-refractivity contribution in [3.63, 3.8) is 0 Å². The van der Waals surface area contributed by atoms with Crippen LogP contribution in [0.3, 0.4) is 0 Å². The zero-order chi connectivity index (χ0) is 14.9. The molecule has 2 rings (SSSR count). The van der Waals surface area contributed by atoms with Gasteiger partial charge in [0.15, 0.2) is 0 Å². The third-order valence-electron chi connectivity index (χ3n) is 3.21. The van der Waals surface area contributed by atoms with E-state index in [0.29, 0.717) is 5.57 Å². The van der Waals surface area contributed by atoms with Gasteiger partial charge in [-0.1, -0.05) is 6.58 Å². The van der Waals surface area contributed by atoms with E-state index >= 15 is 0 Å². The van der Waals surface area contributed by atoms with E-state index in [2.05, 4.69) is 11.6 Å². The van der Waals surface area contributed by atoms with Crippen molar-refractivity contribution in [3.8, 4) is 0 Å². The molecule has 0 bridgehead atoms. The number of aliphatic hydroxyl groups excluding tert-OH is 3. The molecule has 0 radical (unpaired) electrons. The number of thioether (sulfide) groups is 1. The van der Waals surface area contributed by atoms with Crippen molar-refractivity contribution in [3.05, 3.63) is 44.8 Å². The SMILES string of the molecule is C=C1[C@H](n2cc(CCO)c(=O)[nH]c2=O)S[C@H](CO)[C@H]1O. The molecule has 1 saturated heterocycles. The Morgan fingerprint density at radius 2 is 2.10 bits per heavy atom. The van der Waals surface area contributed by atoms with Gasteiger partial charge in [-0.2, -0.15) is 0 Å². The molecule has 3 atom stereocenters. The van der Waals surface area contributed by atoms with Crippen LogP contribution in [0.15, 0.2) is 27.9 Å². The van der Waals surface area contributed by atoms with Crippen molar-refractivity contribution in [1.29, 1.82) is 0 Å². The van der Waals surface area contributed by atoms with E-state index in [1.165, 1.54) is 22.5 Å². The number of nitrogens with one attached hydrogen (secondary N) is 1. The first kappa shape index (κ1) is 15.0. The molecule has 4 N–H and O–H groups in total. The fraction of sp³-hybridized carbons (Fsp3) is 0.500. The Labute approximate surface area is 118 Å². The number of aromatic nitrogens is 2. The minimum atomic E-state index is -0.907. The monoisotopic (exact) mass is 300 g/mol. The van der Waals surface area contributed by atoms with E-state index in [-0.39, 0.29) is 25.2 Å². The van der Waals surface area contributed by atoms with Crippen molar-refractivity contribution in [2.45, 2.75) is 23.1 Å². The lowest BCUT2D eigenvalue weighted by Gasteiger charge is -2.15. The fourth-order valence-corrected chi connectivity index (χ4v) is 3.44. The Balaban J connectivity index is 2.43. The molecule has 1 aromatic rings. The number of hydrogen-bond acceptors (Lipinski definition) is 6. The zero-order valence-electron chi connectivity index (χ0n) is 10.7. The summed E-state index contributed by atoms with van der Waals surface area (Å²) in [7, 11) is 0. The van der Waals surface area contributed by atoms with Gasteiger partial charge in [-0.15, -0.1) is 11.8 Å². The number of H-pyrrole nitrogens is 1. The molecule has 110 valence electrons. The molecule has 2 heterocycles. The molecule has 1 aliphatic rings. The summed E-state index contributed by atoms with van der Waals surface area (Å²) in [4.78, 5) is 25.6. The highest BCUT2D eigenvalue weighted by Crippen LogP contribution is 2.43. The second kappa shape index (κ2) is 5.96. The molecule has 1 aliphatic heterocycles. The summed E-state index contributed by atoms with van der Waals surface area (Å²) in [6.45, 7) is 3.31. The summed E-state index contributed by atoms with van der Waals surface area (Å²) in [6.07, 6.45) is 0.591. The third-order valence-corrected chi connectivity index (χ3v) is 4.75. The minimum Gasteiger partial charge on any atom is -0.396 e. The number of rotatable bonds is 4. The van der Waals surface area contributed by atoms with Gasteiger partial charge in [-0.05, 0) is 5.57 Å². The fourth-order valence-electron chi connectivity index (χ4n) is 2.10. The first-order chi connectivity index (χ1) is 9.49. The maximum Gasteiger partial charge on any atom is 0.329 e. The normalized spacial score (nSPS) is 26.1. The van der Waals surface area contributed by atoms with Crippen LogP contribution >= 0.6 is 11.8 Å². The molecule has 0 saturated carbocycles. The maximum atomic E-state index is 11.9. The van der Waals surface area contributed by atoms with Crippen molar-refractivity contribution in [2.24, 2.45) is 0 Å². The molecule has 8 heteroatoms. The van der Waals surface area contributed by atoms with Gasteiger partial charge in [0.2, 0.25) is 0 Å². The second-order valence-electron chi connectivity index (χ2n) is 4.52. The van der Waals surface area contributed by atoms with Crippen molar-refractivity contribution in [1.82, 2.24) is 9.55 Å². The van der Waals surface area contributed by atoms with E-state index in [4.69, 9.17) is 5.11 Å². The molecular weight excluding hydrogens is 284 g/mol. The molecule has 20 heavy (non-hydrogen) atoms. The average Bonchev–Trinajstić information content (AvgIpc) is 2.70. The molecule has 1 aromatic heterocycles. The van der Waals surface area contributed by atoms with E-state index in [0.717, 1.165) is 0 Å². The van der Waals surface area contributed by atoms with Crippen LogP contribution in [-0.4, -0.2) is 49.4 Å². The van der Waals surface area contributed by atoms with Crippen LogP contribution in [0.2, 0.25) is 0 Å². The standard InChI is InChI=1S/C12H16N2O5S/c1-6-9(17)8(5-16)20-11(6)14-4-7(2-3-15)10(18)13-12(14)19/h4,8-9,11,15-17H,1-3,5H2,(H,13,18,19)/t8-,9+,11-/m1/s1. The smallest absolute Gasteiger partial charge is 0.329 e. The molecule has 0 aromatic carbocycles. The third kappa shape index (κ3) is 2.59. The summed E-state index contributed by atoms with van der Waals surface area (Å²) in [5.41, 5.74) is -0.463. The molecule has 0 spiro atoms. The van der Waals surface area contributed by atoms with E-state index in [9.17, 15) is 19.8 Å². The summed E-state index contributed by atoms with van der Waals surface area (Å²) in [5.74, 6) is 0. The first-order valence-corrected chi connectivity index (χ1v) is 7.02. The second-order valence-corrected chi connectivity index (χ2v) is 5.85. The Hall–Kier alpha value is -1.35. The summed E-state index contributed by atoms with van der Waals surface area (Å²) < 4.78 is 1.26. The lowest BCUT2D eigenvalue weighted by molar-refractivity contribution is 0.172. The predicted molar refractivity (Wildman–Crippen MR) is 74.8 cm³/mol. The van der Waals surface area contributed by atoms with Gasteiger partial charge >= 0.3 is 5.69 Å². The van der Waals surface area contributed by atoms with Gasteiger partial charge in [0.05, 0.1) is 18.0 Å². The van der Waals surface area contributed by atoms with Crippen molar-refractivity contribution < 1.29 is 15.3 Å². The van der Waals surface area contributed by atoms with E-state index in [1.54, 1.807) is 0 Å². The lowest BCUT2D eigenvalue weighted by Crippen LogP contribution is -2.33. The molecule has 0 aliphatic carbocycles. The lowest BCUT2D eigenvalue weighted by atomic mass is 10.1. The number of aliphatic hydroxyl groups is 3. The highest BCUT2D eigenvalue weighted by molar-refractivity contribution is 8.00. The van der Waals surface area contributed by atoms with Crippen LogP contribution in [0.25, 0.3) is 0 Å². The van der Waals surface area contributed by atoms with Crippen molar-refractivity contribution in [2.75, 3.05) is 13.2 Å². The summed E-state index contributed by atoms with van der Waals surface area (Å²) in [6, 6.07) is 0. The number of aromatic amines is 1. The Kier molecular flexibility index (Phi) is 4.48. The Morgan fingerprint density at radius 1 is 1.40 bits per heavy atom. The van der Waals surface area contributed by atoms with Gasteiger partial charge in [0.1, 0.15) is 5.37 Å². The van der Waals surface area contributed by atoms with Crippen LogP contribution in [-0.2, 0) is 6.42 Å². The summed E-state index contributed by atoms with van der Waals surface area (Å²) in [5, 5.41) is 27.0. The van der Waals surface area contributed by atoms with Gasteiger partial charge < -0.3 is 15.3 Å². The quantitative estimate of drug-likeness (QED) is 0.508. The van der Waals surface area contributed by atoms with Crippen molar-refractivity contribution >= 4 is 11.8 Å². The molecule has 7 nitrogen and oxygen atoms in total. The number of nitrogens with zero attached hydrogens (tertiary/aromatic N) is 1. The predicted octanol–water partition coefficient (Wildman–Crippen LogP) is -1.41. The average molecular weight is 300 g/mol. The van der Waals surface area contributed by atoms with Gasteiger partial charge in [-0.25, -0.2) is 4.79 Å². The van der Waals surface area contributed by atoms with Crippen LogP contribution in [0.5, 0.6) is 0 Å². The Morgan fingerprint density at radius 3 is 2.65 bits per heavy atom. The van der Waals surface area contributed by atoms with Gasteiger partial charge in [0, 0.05) is 24.8 Å². The van der Waals surface area contributed by atoms with E-state index < -0.39 is 28.0 Å². The highest BCUT2D eigenvalue weighted by atomic mass is 32.2. The maximum absolute atomic E-state index is 11.9. The molecule has 0 unspecified atom stereocenters. The van der Waals surface area contributed by atoms with E-state index in [1.807, 2.05) is 0 Å². The molecule has 0 amide bonds. The van der Waals surface area contributed by atoms with Crippen LogP contribution in [0.1, 0.15) is 10.9 Å². The van der Waals surface area contributed by atoms with Gasteiger partial charge in [0.25, 0.3) is 5.56 Å². The molecule has 1 fully saturated rings. The van der Waals surface area contributed by atoms with Crippen LogP contribution < -0.4 is 11.2 Å². The first-order valence-electron chi connectivity index (χ1n) is 6.08. The molecular formula is C12H16N2O5S. The minimum absolute atomic E-state index is 0.130. The zero-order valence-corrected chi connectivity index (χ0v) is 11.5. The largest absolute Gasteiger partial charge is 0.396 e. The topological polar surface area (TPSA) is 116 Å².